The first-order chi connectivity index (χ1) is 16.4. The number of carbonyl (C=O) groups excluding carboxylic acids is 1. The molecule has 0 saturated heterocycles. The molecule has 0 atom stereocenters. The van der Waals surface area contributed by atoms with Gasteiger partial charge in [0.2, 0.25) is 0 Å². The highest BCUT2D eigenvalue weighted by atomic mass is 35.5. The minimum absolute atomic E-state index is 0.205. The summed E-state index contributed by atoms with van der Waals surface area (Å²) < 4.78 is 29.1. The highest BCUT2D eigenvalue weighted by Crippen LogP contribution is 2.40. The maximum Gasteiger partial charge on any atom is 0.407 e. The van der Waals surface area contributed by atoms with Gasteiger partial charge in [-0.05, 0) is 94.8 Å². The van der Waals surface area contributed by atoms with Crippen LogP contribution in [0.1, 0.15) is 57.6 Å². The molecule has 0 spiro atoms. The number of ether oxygens (including phenoxy) is 1. The molecule has 192 valence electrons. The molecule has 8 heteroatoms. The van der Waals surface area contributed by atoms with Crippen molar-refractivity contribution in [1.29, 1.82) is 0 Å². The first-order valence-corrected chi connectivity index (χ1v) is 14.4. The van der Waals surface area contributed by atoms with Gasteiger partial charge in [0, 0.05) is 29.3 Å². The van der Waals surface area contributed by atoms with Crippen molar-refractivity contribution in [3.63, 3.8) is 0 Å². The van der Waals surface area contributed by atoms with Gasteiger partial charge in [-0.1, -0.05) is 35.9 Å². The number of benzene rings is 2. The number of hydrogen-bond donors (Lipinski definition) is 2. The number of halogens is 1. The van der Waals surface area contributed by atoms with Crippen LogP contribution in [0.15, 0.2) is 53.4 Å². The Labute approximate surface area is 214 Å². The van der Waals surface area contributed by atoms with E-state index in [1.54, 1.807) is 18.2 Å². The van der Waals surface area contributed by atoms with Crippen molar-refractivity contribution in [1.82, 2.24) is 10.6 Å². The fourth-order valence-corrected chi connectivity index (χ4v) is 5.55. The highest BCUT2D eigenvalue weighted by Gasteiger charge is 2.37. The molecule has 0 bridgehead atoms. The molecule has 6 nitrogen and oxygen atoms in total. The van der Waals surface area contributed by atoms with E-state index in [2.05, 4.69) is 16.7 Å². The average molecular weight is 521 g/mol. The molecule has 0 radical (unpaired) electrons. The van der Waals surface area contributed by atoms with Crippen LogP contribution in [-0.4, -0.2) is 45.5 Å². The molecule has 3 rings (SSSR count). The normalized spacial score (nSPS) is 20.9. The Balaban J connectivity index is 1.60. The van der Waals surface area contributed by atoms with Gasteiger partial charge in [-0.2, -0.15) is 0 Å². The summed E-state index contributed by atoms with van der Waals surface area (Å²) >= 11 is 6.31. The van der Waals surface area contributed by atoms with Gasteiger partial charge in [0.1, 0.15) is 5.60 Å². The number of nitrogens with one attached hydrogen (secondary N) is 2. The first kappa shape index (κ1) is 27.5. The van der Waals surface area contributed by atoms with E-state index in [0.717, 1.165) is 49.8 Å². The molecular weight excluding hydrogens is 484 g/mol. The molecule has 2 N–H and O–H groups in total. The second-order valence-electron chi connectivity index (χ2n) is 10.5. The first-order valence-electron chi connectivity index (χ1n) is 12.1. The third-order valence-electron chi connectivity index (χ3n) is 6.52. The second-order valence-corrected chi connectivity index (χ2v) is 13.0. The van der Waals surface area contributed by atoms with Gasteiger partial charge in [-0.15, -0.1) is 0 Å². The van der Waals surface area contributed by atoms with Gasteiger partial charge in [0.25, 0.3) is 0 Å². The summed E-state index contributed by atoms with van der Waals surface area (Å²) in [6, 6.07) is 15.4. The summed E-state index contributed by atoms with van der Waals surface area (Å²) in [5, 5.41) is 7.32. The lowest BCUT2D eigenvalue weighted by atomic mass is 9.68. The smallest absolute Gasteiger partial charge is 0.407 e. The van der Waals surface area contributed by atoms with Crippen molar-refractivity contribution >= 4 is 27.5 Å². The third-order valence-corrected chi connectivity index (χ3v) is 7.87. The van der Waals surface area contributed by atoms with Crippen molar-refractivity contribution in [2.45, 2.75) is 74.8 Å². The number of rotatable bonds is 8. The number of carbonyl (C=O) groups is 1. The van der Waals surface area contributed by atoms with Crippen LogP contribution in [0.3, 0.4) is 0 Å². The molecule has 1 fully saturated rings. The highest BCUT2D eigenvalue weighted by molar-refractivity contribution is 7.90. The van der Waals surface area contributed by atoms with Gasteiger partial charge < -0.3 is 15.4 Å². The molecule has 2 aromatic carbocycles. The van der Waals surface area contributed by atoms with E-state index in [1.165, 1.54) is 6.26 Å². The zero-order chi connectivity index (χ0) is 25.7. The third kappa shape index (κ3) is 8.23. The van der Waals surface area contributed by atoms with E-state index in [4.69, 9.17) is 16.3 Å². The maximum absolute atomic E-state index is 12.4. The standard InChI is InChI=1S/C27H37ClN2O4S/c1-26(2,3)34-25(31)30-19-27(21-8-6-9-22(28)18-21)14-11-23(12-15-27)29-16-13-20-7-5-10-24(17-20)35(4,32)33/h5-10,17-18,23,29H,11-16,19H2,1-4H3,(H,30,31). The average Bonchev–Trinajstić information content (AvgIpc) is 2.77. The number of hydrogen-bond acceptors (Lipinski definition) is 5. The van der Waals surface area contributed by atoms with E-state index in [0.29, 0.717) is 22.5 Å². The van der Waals surface area contributed by atoms with Gasteiger partial charge in [-0.3, -0.25) is 0 Å². The van der Waals surface area contributed by atoms with Crippen LogP contribution in [0.2, 0.25) is 5.02 Å². The zero-order valence-corrected chi connectivity index (χ0v) is 22.6. The fraction of sp³-hybridized carbons (Fsp3) is 0.519. The van der Waals surface area contributed by atoms with Crippen LogP contribution in [-0.2, 0) is 26.4 Å². The van der Waals surface area contributed by atoms with E-state index < -0.39 is 21.5 Å². The van der Waals surface area contributed by atoms with Crippen molar-refractivity contribution in [2.75, 3.05) is 19.3 Å². The quantitative estimate of drug-likeness (QED) is 0.494. The van der Waals surface area contributed by atoms with Crippen molar-refractivity contribution in [2.24, 2.45) is 0 Å². The Hall–Kier alpha value is -2.09. The fourth-order valence-electron chi connectivity index (χ4n) is 4.67. The lowest BCUT2D eigenvalue weighted by Crippen LogP contribution is -2.47. The molecule has 1 saturated carbocycles. The van der Waals surface area contributed by atoms with Crippen molar-refractivity contribution in [3.05, 3.63) is 64.7 Å². The molecule has 1 amide bonds. The summed E-state index contributed by atoms with van der Waals surface area (Å²) in [4.78, 5) is 12.7. The predicted octanol–water partition coefficient (Wildman–Crippen LogP) is 5.28. The SMILES string of the molecule is CC(C)(C)OC(=O)NCC1(c2cccc(Cl)c2)CCC(NCCc2cccc(S(C)(=O)=O)c2)CC1. The summed E-state index contributed by atoms with van der Waals surface area (Å²) in [5.74, 6) is 0. The monoisotopic (exact) mass is 520 g/mol. The number of sulfone groups is 1. The molecule has 1 aliphatic carbocycles. The minimum Gasteiger partial charge on any atom is -0.444 e. The minimum atomic E-state index is -3.20. The molecule has 35 heavy (non-hydrogen) atoms. The van der Waals surface area contributed by atoms with Crippen molar-refractivity contribution in [3.8, 4) is 0 Å². The Morgan fingerprint density at radius 3 is 2.43 bits per heavy atom. The van der Waals surface area contributed by atoms with Crippen molar-refractivity contribution < 1.29 is 17.9 Å². The summed E-state index contributed by atoms with van der Waals surface area (Å²) in [6.07, 6.45) is 5.33. The van der Waals surface area contributed by atoms with Gasteiger partial charge in [0.15, 0.2) is 9.84 Å². The molecule has 0 aliphatic heterocycles. The van der Waals surface area contributed by atoms with Gasteiger partial charge in [-0.25, -0.2) is 13.2 Å². The maximum atomic E-state index is 12.4. The summed E-state index contributed by atoms with van der Waals surface area (Å²) in [6.45, 7) is 6.83. The van der Waals surface area contributed by atoms with Crippen LogP contribution >= 0.6 is 11.6 Å². The molecule has 0 unspecified atom stereocenters. The second kappa shape index (κ2) is 11.3. The Morgan fingerprint density at radius 1 is 1.11 bits per heavy atom. The molecule has 0 aromatic heterocycles. The summed E-state index contributed by atoms with van der Waals surface area (Å²) in [7, 11) is -3.20. The molecular formula is C27H37ClN2O4S. The largest absolute Gasteiger partial charge is 0.444 e. The van der Waals surface area contributed by atoms with Crippen LogP contribution < -0.4 is 10.6 Å². The van der Waals surface area contributed by atoms with E-state index >= 15 is 0 Å². The van der Waals surface area contributed by atoms with E-state index in [1.807, 2.05) is 45.0 Å². The topological polar surface area (TPSA) is 84.5 Å². The lowest BCUT2D eigenvalue weighted by Gasteiger charge is -2.41. The van der Waals surface area contributed by atoms with Crippen LogP contribution in [0.25, 0.3) is 0 Å². The Kier molecular flexibility index (Phi) is 8.89. The molecule has 0 heterocycles. The molecule has 1 aliphatic rings. The predicted molar refractivity (Wildman–Crippen MR) is 141 cm³/mol. The van der Waals surface area contributed by atoms with Gasteiger partial charge in [0.05, 0.1) is 4.90 Å². The van der Waals surface area contributed by atoms with Gasteiger partial charge >= 0.3 is 6.09 Å². The van der Waals surface area contributed by atoms with Crippen LogP contribution in [0.5, 0.6) is 0 Å². The van der Waals surface area contributed by atoms with E-state index in [-0.39, 0.29) is 5.41 Å². The van der Waals surface area contributed by atoms with E-state index in [9.17, 15) is 13.2 Å². The zero-order valence-electron chi connectivity index (χ0n) is 21.1. The van der Waals surface area contributed by atoms with Crippen LogP contribution in [0, 0.1) is 0 Å². The number of amides is 1. The Bertz CT molecular complexity index is 1120. The van der Waals surface area contributed by atoms with Crippen LogP contribution in [0.4, 0.5) is 4.79 Å². The number of alkyl carbamates (subject to hydrolysis) is 1. The summed E-state index contributed by atoms with van der Waals surface area (Å²) in [5.41, 5.74) is 1.39. The lowest BCUT2D eigenvalue weighted by molar-refractivity contribution is 0.0506. The molecule has 2 aromatic rings. The Morgan fingerprint density at radius 2 is 1.80 bits per heavy atom.